The number of methoxy groups -OCH3 is 1. The van der Waals surface area contributed by atoms with Crippen LogP contribution < -0.4 is 4.74 Å². The topological polar surface area (TPSA) is 61.3 Å². The van der Waals surface area contributed by atoms with Crippen molar-refractivity contribution in [1.82, 2.24) is 9.97 Å². The average molecular weight is 224 g/mol. The van der Waals surface area contributed by atoms with Crippen LogP contribution in [0.5, 0.6) is 5.88 Å². The molecular weight excluding hydrogens is 208 g/mol. The number of rotatable bonds is 6. The van der Waals surface area contributed by atoms with Crippen LogP contribution in [0.4, 0.5) is 0 Å². The molecule has 0 aromatic carbocycles. The highest BCUT2D eigenvalue weighted by molar-refractivity contribution is 5.99. The van der Waals surface area contributed by atoms with Gasteiger partial charge in [0, 0.05) is 19.0 Å². The molecule has 5 heteroatoms. The van der Waals surface area contributed by atoms with Gasteiger partial charge >= 0.3 is 0 Å². The van der Waals surface area contributed by atoms with Crippen LogP contribution >= 0.6 is 0 Å². The second-order valence-corrected chi connectivity index (χ2v) is 3.13. The summed E-state index contributed by atoms with van der Waals surface area (Å²) in [7, 11) is 1.46. The highest BCUT2D eigenvalue weighted by Crippen LogP contribution is 2.15. The van der Waals surface area contributed by atoms with Crippen molar-refractivity contribution < 1.29 is 14.3 Å². The molecule has 5 nitrogen and oxygen atoms in total. The number of ketones is 1. The van der Waals surface area contributed by atoms with Crippen LogP contribution in [0.15, 0.2) is 12.4 Å². The Labute approximate surface area is 94.8 Å². The SMILES string of the molecule is CCOC(CC)C(=O)c1nccnc1OC. The molecule has 0 aliphatic rings. The van der Waals surface area contributed by atoms with Crippen LogP contribution in [0.3, 0.4) is 0 Å². The van der Waals surface area contributed by atoms with Gasteiger partial charge in [-0.3, -0.25) is 4.79 Å². The van der Waals surface area contributed by atoms with Gasteiger partial charge in [-0.1, -0.05) is 6.92 Å². The van der Waals surface area contributed by atoms with Crippen LogP contribution in [0.25, 0.3) is 0 Å². The molecule has 0 N–H and O–H groups in total. The summed E-state index contributed by atoms with van der Waals surface area (Å²) in [6, 6.07) is 0. The van der Waals surface area contributed by atoms with Crippen molar-refractivity contribution in [2.24, 2.45) is 0 Å². The molecule has 0 aliphatic heterocycles. The van der Waals surface area contributed by atoms with Crippen LogP contribution in [0, 0.1) is 0 Å². The van der Waals surface area contributed by atoms with Gasteiger partial charge in [-0.05, 0) is 13.3 Å². The second kappa shape index (κ2) is 6.17. The molecule has 0 saturated carbocycles. The third-order valence-electron chi connectivity index (χ3n) is 2.12. The number of Topliss-reactive ketones (excluding diaryl/α,β-unsaturated/α-hetero) is 1. The summed E-state index contributed by atoms with van der Waals surface area (Å²) < 4.78 is 10.3. The first kappa shape index (κ1) is 12.6. The van der Waals surface area contributed by atoms with Crippen LogP contribution in [-0.2, 0) is 4.74 Å². The van der Waals surface area contributed by atoms with Gasteiger partial charge in [-0.15, -0.1) is 0 Å². The molecule has 1 aromatic rings. The van der Waals surface area contributed by atoms with E-state index in [1.54, 1.807) is 0 Å². The molecule has 88 valence electrons. The predicted octanol–water partition coefficient (Wildman–Crippen LogP) is 1.48. The molecule has 0 aliphatic carbocycles. The predicted molar refractivity (Wildman–Crippen MR) is 58.6 cm³/mol. The van der Waals surface area contributed by atoms with E-state index in [9.17, 15) is 4.79 Å². The minimum atomic E-state index is -0.476. The molecule has 0 spiro atoms. The summed E-state index contributed by atoms with van der Waals surface area (Å²) in [6.07, 6.45) is 3.08. The largest absolute Gasteiger partial charge is 0.479 e. The van der Waals surface area contributed by atoms with Crippen molar-refractivity contribution in [3.63, 3.8) is 0 Å². The number of hydrogen-bond donors (Lipinski definition) is 0. The third kappa shape index (κ3) is 2.76. The molecule has 1 aromatic heterocycles. The lowest BCUT2D eigenvalue weighted by molar-refractivity contribution is 0.0436. The first-order valence-electron chi connectivity index (χ1n) is 5.25. The Morgan fingerprint density at radius 2 is 2.06 bits per heavy atom. The number of carbonyl (C=O) groups excluding carboxylic acids is 1. The second-order valence-electron chi connectivity index (χ2n) is 3.13. The van der Waals surface area contributed by atoms with E-state index in [2.05, 4.69) is 9.97 Å². The number of aromatic nitrogens is 2. The van der Waals surface area contributed by atoms with Gasteiger partial charge in [0.15, 0.2) is 5.69 Å². The molecule has 1 atom stereocenters. The smallest absolute Gasteiger partial charge is 0.243 e. The lowest BCUT2D eigenvalue weighted by Crippen LogP contribution is -2.25. The maximum atomic E-state index is 12.0. The Hall–Kier alpha value is -1.49. The molecule has 16 heavy (non-hydrogen) atoms. The van der Waals surface area contributed by atoms with E-state index in [1.807, 2.05) is 13.8 Å². The molecule has 0 bridgehead atoms. The summed E-state index contributed by atoms with van der Waals surface area (Å²) in [5, 5.41) is 0. The van der Waals surface area contributed by atoms with Gasteiger partial charge in [0.1, 0.15) is 6.10 Å². The molecule has 0 saturated heterocycles. The van der Waals surface area contributed by atoms with E-state index in [0.717, 1.165) is 0 Å². The molecule has 0 fully saturated rings. The number of carbonyl (C=O) groups is 1. The highest BCUT2D eigenvalue weighted by atomic mass is 16.5. The summed E-state index contributed by atoms with van der Waals surface area (Å²) >= 11 is 0. The minimum Gasteiger partial charge on any atom is -0.479 e. The van der Waals surface area contributed by atoms with Gasteiger partial charge < -0.3 is 9.47 Å². The fourth-order valence-electron chi connectivity index (χ4n) is 1.38. The van der Waals surface area contributed by atoms with E-state index in [4.69, 9.17) is 9.47 Å². The standard InChI is InChI=1S/C11H16N2O3/c1-4-8(16-5-2)10(14)9-11(15-3)13-7-6-12-9/h6-8H,4-5H2,1-3H3. The van der Waals surface area contributed by atoms with Crippen LogP contribution in [0.2, 0.25) is 0 Å². The third-order valence-corrected chi connectivity index (χ3v) is 2.12. The van der Waals surface area contributed by atoms with Crippen molar-refractivity contribution in [1.29, 1.82) is 0 Å². The summed E-state index contributed by atoms with van der Waals surface area (Å²) in [4.78, 5) is 20.0. The van der Waals surface area contributed by atoms with Gasteiger partial charge in [-0.2, -0.15) is 0 Å². The van der Waals surface area contributed by atoms with E-state index in [-0.39, 0.29) is 17.4 Å². The molecular formula is C11H16N2O3. The van der Waals surface area contributed by atoms with E-state index in [0.29, 0.717) is 13.0 Å². The lowest BCUT2D eigenvalue weighted by Gasteiger charge is -2.13. The van der Waals surface area contributed by atoms with Gasteiger partial charge in [0.05, 0.1) is 7.11 Å². The summed E-state index contributed by atoms with van der Waals surface area (Å²) in [5.41, 5.74) is 0.227. The van der Waals surface area contributed by atoms with E-state index >= 15 is 0 Å². The maximum absolute atomic E-state index is 12.0. The average Bonchev–Trinajstić information content (AvgIpc) is 2.35. The molecule has 0 amide bonds. The van der Waals surface area contributed by atoms with E-state index in [1.165, 1.54) is 19.5 Å². The zero-order valence-electron chi connectivity index (χ0n) is 9.77. The lowest BCUT2D eigenvalue weighted by atomic mass is 10.1. The number of hydrogen-bond acceptors (Lipinski definition) is 5. The van der Waals surface area contributed by atoms with Gasteiger partial charge in [0.2, 0.25) is 11.7 Å². The van der Waals surface area contributed by atoms with Crippen molar-refractivity contribution in [3.05, 3.63) is 18.1 Å². The minimum absolute atomic E-state index is 0.186. The highest BCUT2D eigenvalue weighted by Gasteiger charge is 2.23. The van der Waals surface area contributed by atoms with Crippen molar-refractivity contribution in [3.8, 4) is 5.88 Å². The zero-order valence-corrected chi connectivity index (χ0v) is 9.77. The van der Waals surface area contributed by atoms with Crippen molar-refractivity contribution in [2.45, 2.75) is 26.4 Å². The molecule has 1 unspecified atom stereocenters. The number of ether oxygens (including phenoxy) is 2. The Kier molecular flexibility index (Phi) is 4.85. The number of nitrogens with zero attached hydrogens (tertiary/aromatic N) is 2. The molecule has 1 heterocycles. The fraction of sp³-hybridized carbons (Fsp3) is 0.545. The van der Waals surface area contributed by atoms with Gasteiger partial charge in [0.25, 0.3) is 0 Å². The molecule has 0 radical (unpaired) electrons. The quantitative estimate of drug-likeness (QED) is 0.685. The Bertz CT molecular complexity index is 355. The van der Waals surface area contributed by atoms with Crippen LogP contribution in [0.1, 0.15) is 30.8 Å². The summed E-state index contributed by atoms with van der Waals surface area (Å²) in [5.74, 6) is 0.0555. The Morgan fingerprint density at radius 3 is 2.62 bits per heavy atom. The molecule has 1 rings (SSSR count). The van der Waals surface area contributed by atoms with Crippen LogP contribution in [-0.4, -0.2) is 35.6 Å². The zero-order chi connectivity index (χ0) is 12.0. The normalized spacial score (nSPS) is 12.2. The monoisotopic (exact) mass is 224 g/mol. The Morgan fingerprint density at radius 1 is 1.38 bits per heavy atom. The van der Waals surface area contributed by atoms with E-state index < -0.39 is 6.10 Å². The Balaban J connectivity index is 2.93. The maximum Gasteiger partial charge on any atom is 0.243 e. The fourth-order valence-corrected chi connectivity index (χ4v) is 1.38. The first-order chi connectivity index (χ1) is 7.74. The summed E-state index contributed by atoms with van der Waals surface area (Å²) in [6.45, 7) is 4.23. The first-order valence-corrected chi connectivity index (χ1v) is 5.25. The van der Waals surface area contributed by atoms with Gasteiger partial charge in [-0.25, -0.2) is 9.97 Å². The van der Waals surface area contributed by atoms with Crippen molar-refractivity contribution in [2.75, 3.05) is 13.7 Å². The van der Waals surface area contributed by atoms with Crippen molar-refractivity contribution >= 4 is 5.78 Å².